The van der Waals surface area contributed by atoms with Gasteiger partial charge in [-0.2, -0.15) is 0 Å². The third kappa shape index (κ3) is 1.28. The minimum Gasteiger partial charge on any atom is -0.299 e. The van der Waals surface area contributed by atoms with Gasteiger partial charge in [-0.15, -0.1) is 0 Å². The van der Waals surface area contributed by atoms with Crippen molar-refractivity contribution >= 4 is 5.78 Å². The summed E-state index contributed by atoms with van der Waals surface area (Å²) in [6.07, 6.45) is 5.33. The molecule has 1 aliphatic heterocycles. The number of carbonyl (C=O) groups excluding carboxylic acids is 1. The second-order valence-corrected chi connectivity index (χ2v) is 6.96. The summed E-state index contributed by atoms with van der Waals surface area (Å²) in [5.41, 5.74) is 0. The Morgan fingerprint density at radius 3 is 2.41 bits per heavy atom. The molecule has 0 N–H and O–H groups in total. The van der Waals surface area contributed by atoms with Crippen LogP contribution in [-0.2, 0) is 4.79 Å². The van der Waals surface area contributed by atoms with Gasteiger partial charge in [-0.25, -0.2) is 0 Å². The summed E-state index contributed by atoms with van der Waals surface area (Å²) in [6, 6.07) is 1.36. The van der Waals surface area contributed by atoms with Gasteiger partial charge in [0.25, 0.3) is 0 Å². The number of hydrogen-bond acceptors (Lipinski definition) is 2. The van der Waals surface area contributed by atoms with Gasteiger partial charge in [0.15, 0.2) is 0 Å². The fourth-order valence-electron chi connectivity index (χ4n) is 5.37. The Hall–Kier alpha value is -0.370. The van der Waals surface area contributed by atoms with Gasteiger partial charge in [0.05, 0.1) is 0 Å². The van der Waals surface area contributed by atoms with E-state index < -0.39 is 0 Å². The molecule has 4 fully saturated rings. The van der Waals surface area contributed by atoms with Crippen LogP contribution in [0.3, 0.4) is 0 Å². The predicted octanol–water partition coefficient (Wildman–Crippen LogP) is 2.33. The Kier molecular flexibility index (Phi) is 2.07. The van der Waals surface area contributed by atoms with Crippen LogP contribution in [0, 0.1) is 29.6 Å². The lowest BCUT2D eigenvalue weighted by molar-refractivity contribution is -0.128. The molecule has 2 bridgehead atoms. The van der Waals surface area contributed by atoms with Crippen molar-refractivity contribution in [1.82, 2.24) is 4.90 Å². The molecular weight excluding hydrogens is 210 g/mol. The quantitative estimate of drug-likeness (QED) is 0.693. The van der Waals surface area contributed by atoms with Crippen LogP contribution in [0.1, 0.15) is 39.5 Å². The summed E-state index contributed by atoms with van der Waals surface area (Å²) in [5.74, 6) is 4.91. The normalized spacial score (nSPS) is 57.3. The van der Waals surface area contributed by atoms with E-state index in [0.717, 1.165) is 42.7 Å². The van der Waals surface area contributed by atoms with Crippen LogP contribution in [0.25, 0.3) is 0 Å². The number of nitrogens with zero attached hydrogens (tertiary/aromatic N) is 1. The lowest BCUT2D eigenvalue weighted by atomic mass is 9.89. The van der Waals surface area contributed by atoms with Crippen molar-refractivity contribution in [3.8, 4) is 0 Å². The van der Waals surface area contributed by atoms with Crippen LogP contribution in [0.5, 0.6) is 0 Å². The molecule has 3 saturated carbocycles. The van der Waals surface area contributed by atoms with Crippen LogP contribution in [0.15, 0.2) is 0 Å². The Bertz CT molecular complexity index is 350. The highest BCUT2D eigenvalue weighted by molar-refractivity contribution is 5.82. The van der Waals surface area contributed by atoms with Crippen molar-refractivity contribution in [3.63, 3.8) is 0 Å². The minimum absolute atomic E-state index is 0.266. The van der Waals surface area contributed by atoms with E-state index in [9.17, 15) is 4.79 Å². The molecule has 1 saturated heterocycles. The first-order chi connectivity index (χ1) is 8.18. The second-order valence-electron chi connectivity index (χ2n) is 6.96. The Morgan fingerprint density at radius 1 is 1.12 bits per heavy atom. The smallest absolute Gasteiger partial charge is 0.138 e. The third-order valence-electron chi connectivity index (χ3n) is 6.45. The molecule has 2 heteroatoms. The second kappa shape index (κ2) is 3.34. The summed E-state index contributed by atoms with van der Waals surface area (Å²) in [7, 11) is 0. The topological polar surface area (TPSA) is 20.3 Å². The number of ketones is 1. The number of rotatable bonds is 1. The number of hydrogen-bond donors (Lipinski definition) is 0. The minimum atomic E-state index is 0.266. The third-order valence-corrected chi connectivity index (χ3v) is 6.45. The number of likely N-dealkylation sites (tertiary alicyclic amines) is 1. The highest BCUT2D eigenvalue weighted by Gasteiger charge is 2.67. The zero-order chi connectivity index (χ0) is 11.7. The number of carbonyl (C=O) groups is 1. The van der Waals surface area contributed by atoms with Crippen molar-refractivity contribution in [1.29, 1.82) is 0 Å². The molecule has 0 aromatic rings. The van der Waals surface area contributed by atoms with Gasteiger partial charge in [-0.3, -0.25) is 9.69 Å². The SMILES string of the molecule is CC1C(=O)CCN(C2C3C4CCC(C4)C32)C1C. The first-order valence-electron chi connectivity index (χ1n) is 7.47. The molecule has 2 nitrogen and oxygen atoms in total. The summed E-state index contributed by atoms with van der Waals surface area (Å²) in [4.78, 5) is 14.5. The number of Topliss-reactive ketones (excluding diaryl/α,β-unsaturated/α-hetero) is 1. The van der Waals surface area contributed by atoms with E-state index in [2.05, 4.69) is 18.7 Å². The molecule has 0 aromatic carbocycles. The maximum Gasteiger partial charge on any atom is 0.138 e. The molecule has 0 amide bonds. The van der Waals surface area contributed by atoms with Gasteiger partial charge < -0.3 is 0 Å². The maximum absolute atomic E-state index is 11.8. The first kappa shape index (κ1) is 10.5. The van der Waals surface area contributed by atoms with E-state index in [0.29, 0.717) is 11.8 Å². The van der Waals surface area contributed by atoms with Crippen LogP contribution < -0.4 is 0 Å². The molecule has 6 unspecified atom stereocenters. The standard InChI is InChI=1S/C15H23NO/c1-8-9(2)16(6-5-12(8)17)15-13-10-3-4-11(7-10)14(13)15/h8-11,13-15H,3-7H2,1-2H3. The molecule has 6 atom stereocenters. The average Bonchev–Trinajstić information content (AvgIpc) is 2.76. The van der Waals surface area contributed by atoms with Crippen LogP contribution in [-0.4, -0.2) is 29.3 Å². The Labute approximate surface area is 104 Å². The van der Waals surface area contributed by atoms with E-state index in [-0.39, 0.29) is 5.92 Å². The van der Waals surface area contributed by atoms with Crippen LogP contribution >= 0.6 is 0 Å². The lowest BCUT2D eigenvalue weighted by Crippen LogP contribution is -2.49. The number of fused-ring (bicyclic) bond motifs is 5. The van der Waals surface area contributed by atoms with Crippen molar-refractivity contribution in [2.75, 3.05) is 6.54 Å². The van der Waals surface area contributed by atoms with E-state index >= 15 is 0 Å². The molecule has 94 valence electrons. The van der Waals surface area contributed by atoms with Gasteiger partial charge in [0.1, 0.15) is 5.78 Å². The zero-order valence-electron chi connectivity index (χ0n) is 10.9. The van der Waals surface area contributed by atoms with E-state index in [1.54, 1.807) is 0 Å². The van der Waals surface area contributed by atoms with E-state index in [4.69, 9.17) is 0 Å². The summed E-state index contributed by atoms with van der Waals surface area (Å²) in [5, 5.41) is 0. The highest BCUT2D eigenvalue weighted by atomic mass is 16.1. The van der Waals surface area contributed by atoms with Gasteiger partial charge in [0, 0.05) is 31.0 Å². The maximum atomic E-state index is 11.8. The molecule has 0 radical (unpaired) electrons. The van der Waals surface area contributed by atoms with Crippen molar-refractivity contribution in [2.24, 2.45) is 29.6 Å². The van der Waals surface area contributed by atoms with Gasteiger partial charge in [0.2, 0.25) is 0 Å². The molecule has 0 spiro atoms. The van der Waals surface area contributed by atoms with Gasteiger partial charge >= 0.3 is 0 Å². The lowest BCUT2D eigenvalue weighted by Gasteiger charge is -2.38. The van der Waals surface area contributed by atoms with Crippen LogP contribution in [0.2, 0.25) is 0 Å². The van der Waals surface area contributed by atoms with Gasteiger partial charge in [-0.05, 0) is 49.9 Å². The monoisotopic (exact) mass is 233 g/mol. The molecule has 4 aliphatic rings. The molecule has 4 rings (SSSR count). The molecule has 0 aromatic heterocycles. The van der Waals surface area contributed by atoms with Crippen molar-refractivity contribution < 1.29 is 4.79 Å². The molecule has 3 aliphatic carbocycles. The van der Waals surface area contributed by atoms with Crippen molar-refractivity contribution in [2.45, 2.75) is 51.6 Å². The zero-order valence-corrected chi connectivity index (χ0v) is 10.9. The average molecular weight is 233 g/mol. The number of piperidine rings is 1. The Balaban J connectivity index is 1.52. The van der Waals surface area contributed by atoms with Crippen LogP contribution in [0.4, 0.5) is 0 Å². The fraction of sp³-hybridized carbons (Fsp3) is 0.933. The summed E-state index contributed by atoms with van der Waals surface area (Å²) < 4.78 is 0. The molecule has 1 heterocycles. The molecule has 17 heavy (non-hydrogen) atoms. The van der Waals surface area contributed by atoms with Crippen molar-refractivity contribution in [3.05, 3.63) is 0 Å². The fourth-order valence-corrected chi connectivity index (χ4v) is 5.37. The largest absolute Gasteiger partial charge is 0.299 e. The highest BCUT2D eigenvalue weighted by Crippen LogP contribution is 2.67. The summed E-state index contributed by atoms with van der Waals surface area (Å²) in [6.45, 7) is 5.45. The summed E-state index contributed by atoms with van der Waals surface area (Å²) >= 11 is 0. The molecular formula is C15H23NO. The first-order valence-corrected chi connectivity index (χ1v) is 7.47. The van der Waals surface area contributed by atoms with E-state index in [1.807, 2.05) is 0 Å². The van der Waals surface area contributed by atoms with Gasteiger partial charge in [-0.1, -0.05) is 6.92 Å². The Morgan fingerprint density at radius 2 is 1.76 bits per heavy atom. The van der Waals surface area contributed by atoms with E-state index in [1.165, 1.54) is 19.3 Å². The predicted molar refractivity (Wildman–Crippen MR) is 66.6 cm³/mol.